The maximum atomic E-state index is 13.7. The van der Waals surface area contributed by atoms with Gasteiger partial charge in [-0.05, 0) is 30.3 Å². The summed E-state index contributed by atoms with van der Waals surface area (Å²) < 4.78 is 18.8. The van der Waals surface area contributed by atoms with Gasteiger partial charge in [0.1, 0.15) is 11.6 Å². The van der Waals surface area contributed by atoms with Crippen LogP contribution in [0.3, 0.4) is 0 Å². The molecule has 2 amide bonds. The molecule has 0 unspecified atom stereocenters. The first-order valence-corrected chi connectivity index (χ1v) is 8.03. The Morgan fingerprint density at radius 2 is 1.63 bits per heavy atom. The lowest BCUT2D eigenvalue weighted by atomic mass is 10.1. The molecule has 1 heterocycles. The predicted molar refractivity (Wildman–Crippen MR) is 99.5 cm³/mol. The highest BCUT2D eigenvalue weighted by molar-refractivity contribution is 6.08. The molecule has 1 aromatic heterocycles. The van der Waals surface area contributed by atoms with Crippen molar-refractivity contribution in [3.8, 4) is 5.75 Å². The smallest absolute Gasteiger partial charge is 0.257 e. The molecule has 3 rings (SSSR count). The van der Waals surface area contributed by atoms with Crippen LogP contribution in [-0.2, 0) is 0 Å². The molecule has 0 aliphatic carbocycles. The van der Waals surface area contributed by atoms with E-state index in [1.165, 1.54) is 43.8 Å². The lowest BCUT2D eigenvalue weighted by Gasteiger charge is -2.09. The summed E-state index contributed by atoms with van der Waals surface area (Å²) in [5, 5.41) is 5.16. The van der Waals surface area contributed by atoms with E-state index in [9.17, 15) is 14.0 Å². The normalized spacial score (nSPS) is 10.1. The van der Waals surface area contributed by atoms with Crippen molar-refractivity contribution in [2.45, 2.75) is 0 Å². The molecule has 0 atom stereocenters. The fourth-order valence-electron chi connectivity index (χ4n) is 2.35. The molecular weight excluding hydrogens is 349 g/mol. The van der Waals surface area contributed by atoms with Gasteiger partial charge in [0.05, 0.1) is 23.9 Å². The molecule has 2 aromatic carbocycles. The minimum Gasteiger partial charge on any atom is -0.497 e. The molecule has 6 nitrogen and oxygen atoms in total. The number of benzene rings is 2. The van der Waals surface area contributed by atoms with E-state index in [2.05, 4.69) is 15.6 Å². The number of ether oxygens (including phenoxy) is 1. The SMILES string of the molecule is COc1cccc(NC(=O)c2cncc(C(=O)Nc3ccccc3F)c2)c1. The lowest BCUT2D eigenvalue weighted by molar-refractivity contribution is 0.102. The average molecular weight is 365 g/mol. The standard InChI is InChI=1S/C20H16FN3O3/c1-27-16-6-4-5-15(10-16)23-19(25)13-9-14(12-22-11-13)20(26)24-18-8-3-2-7-17(18)21/h2-12H,1H3,(H,23,25)(H,24,26). The number of amides is 2. The summed E-state index contributed by atoms with van der Waals surface area (Å²) in [5.74, 6) is -0.949. The molecule has 0 bridgehead atoms. The zero-order chi connectivity index (χ0) is 19.2. The summed E-state index contributed by atoms with van der Waals surface area (Å²) >= 11 is 0. The Bertz CT molecular complexity index is 991. The second-order valence-corrected chi connectivity index (χ2v) is 5.58. The number of anilines is 2. The van der Waals surface area contributed by atoms with Crippen LogP contribution < -0.4 is 15.4 Å². The van der Waals surface area contributed by atoms with E-state index >= 15 is 0 Å². The van der Waals surface area contributed by atoms with Gasteiger partial charge in [-0.2, -0.15) is 0 Å². The number of pyridine rings is 1. The number of nitrogens with one attached hydrogen (secondary N) is 2. The molecule has 136 valence electrons. The number of methoxy groups -OCH3 is 1. The van der Waals surface area contributed by atoms with Gasteiger partial charge in [-0.25, -0.2) is 4.39 Å². The topological polar surface area (TPSA) is 80.3 Å². The van der Waals surface area contributed by atoms with E-state index in [-0.39, 0.29) is 16.8 Å². The summed E-state index contributed by atoms with van der Waals surface area (Å²) in [6, 6.07) is 14.1. The van der Waals surface area contributed by atoms with Gasteiger partial charge in [-0.1, -0.05) is 18.2 Å². The molecule has 0 saturated heterocycles. The third kappa shape index (κ3) is 4.46. The Balaban J connectivity index is 1.75. The maximum absolute atomic E-state index is 13.7. The van der Waals surface area contributed by atoms with E-state index in [0.717, 1.165) is 0 Å². The van der Waals surface area contributed by atoms with Crippen molar-refractivity contribution >= 4 is 23.2 Å². The van der Waals surface area contributed by atoms with Crippen molar-refractivity contribution in [2.24, 2.45) is 0 Å². The number of nitrogens with zero attached hydrogens (tertiary/aromatic N) is 1. The summed E-state index contributed by atoms with van der Waals surface area (Å²) in [6.45, 7) is 0. The third-order valence-electron chi connectivity index (χ3n) is 3.71. The Hall–Kier alpha value is -3.74. The Labute approximate surface area is 155 Å². The number of hydrogen-bond acceptors (Lipinski definition) is 4. The van der Waals surface area contributed by atoms with E-state index in [4.69, 9.17) is 4.74 Å². The molecule has 7 heteroatoms. The highest BCUT2D eigenvalue weighted by atomic mass is 19.1. The van der Waals surface area contributed by atoms with Crippen LogP contribution in [0.4, 0.5) is 15.8 Å². The maximum Gasteiger partial charge on any atom is 0.257 e. The van der Waals surface area contributed by atoms with Crippen LogP contribution in [0.25, 0.3) is 0 Å². The second kappa shape index (κ2) is 8.09. The van der Waals surface area contributed by atoms with Crippen LogP contribution >= 0.6 is 0 Å². The van der Waals surface area contributed by atoms with E-state index in [1.54, 1.807) is 30.3 Å². The van der Waals surface area contributed by atoms with Crippen LogP contribution in [0.5, 0.6) is 5.75 Å². The molecule has 0 fully saturated rings. The van der Waals surface area contributed by atoms with Crippen LogP contribution in [0.1, 0.15) is 20.7 Å². The zero-order valence-corrected chi connectivity index (χ0v) is 14.4. The Morgan fingerprint density at radius 3 is 2.33 bits per heavy atom. The summed E-state index contributed by atoms with van der Waals surface area (Å²) in [5.41, 5.74) is 0.921. The number of aromatic nitrogens is 1. The van der Waals surface area contributed by atoms with Gasteiger partial charge in [0.15, 0.2) is 0 Å². The van der Waals surface area contributed by atoms with Crippen molar-refractivity contribution in [1.82, 2.24) is 4.98 Å². The van der Waals surface area contributed by atoms with Gasteiger partial charge in [0, 0.05) is 24.1 Å². The van der Waals surface area contributed by atoms with Crippen LogP contribution in [0.15, 0.2) is 67.0 Å². The summed E-state index contributed by atoms with van der Waals surface area (Å²) in [7, 11) is 1.53. The number of rotatable bonds is 5. The van der Waals surface area contributed by atoms with Crippen molar-refractivity contribution in [1.29, 1.82) is 0 Å². The number of para-hydroxylation sites is 1. The predicted octanol–water partition coefficient (Wildman–Crippen LogP) is 3.73. The van der Waals surface area contributed by atoms with Gasteiger partial charge in [-0.3, -0.25) is 14.6 Å². The molecule has 0 spiro atoms. The molecule has 3 aromatic rings. The average Bonchev–Trinajstić information content (AvgIpc) is 2.70. The number of halogens is 1. The minimum absolute atomic E-state index is 0.0498. The van der Waals surface area contributed by atoms with Crippen molar-refractivity contribution in [2.75, 3.05) is 17.7 Å². The number of carbonyl (C=O) groups is 2. The van der Waals surface area contributed by atoms with Gasteiger partial charge in [0.2, 0.25) is 0 Å². The second-order valence-electron chi connectivity index (χ2n) is 5.58. The van der Waals surface area contributed by atoms with Gasteiger partial charge < -0.3 is 15.4 Å². The fourth-order valence-corrected chi connectivity index (χ4v) is 2.35. The van der Waals surface area contributed by atoms with Gasteiger partial charge in [-0.15, -0.1) is 0 Å². The number of carbonyl (C=O) groups excluding carboxylic acids is 2. The van der Waals surface area contributed by atoms with Gasteiger partial charge in [0.25, 0.3) is 11.8 Å². The van der Waals surface area contributed by atoms with Crippen LogP contribution in [0.2, 0.25) is 0 Å². The minimum atomic E-state index is -0.566. The Morgan fingerprint density at radius 1 is 0.926 bits per heavy atom. The first-order chi connectivity index (χ1) is 13.1. The van der Waals surface area contributed by atoms with Crippen molar-refractivity contribution < 1.29 is 18.7 Å². The van der Waals surface area contributed by atoms with Crippen molar-refractivity contribution in [3.63, 3.8) is 0 Å². The molecule has 0 saturated carbocycles. The van der Waals surface area contributed by atoms with Crippen molar-refractivity contribution in [3.05, 3.63) is 83.9 Å². The third-order valence-corrected chi connectivity index (χ3v) is 3.71. The number of hydrogen-bond donors (Lipinski definition) is 2. The Kier molecular flexibility index (Phi) is 5.41. The lowest BCUT2D eigenvalue weighted by Crippen LogP contribution is -2.16. The highest BCUT2D eigenvalue weighted by Crippen LogP contribution is 2.18. The van der Waals surface area contributed by atoms with E-state index in [1.807, 2.05) is 0 Å². The van der Waals surface area contributed by atoms with Gasteiger partial charge >= 0.3 is 0 Å². The zero-order valence-electron chi connectivity index (χ0n) is 14.4. The van der Waals surface area contributed by atoms with E-state index < -0.39 is 17.6 Å². The molecule has 0 aliphatic heterocycles. The van der Waals surface area contributed by atoms with Crippen LogP contribution in [-0.4, -0.2) is 23.9 Å². The molecular formula is C20H16FN3O3. The highest BCUT2D eigenvalue weighted by Gasteiger charge is 2.13. The van der Waals surface area contributed by atoms with E-state index in [0.29, 0.717) is 11.4 Å². The quantitative estimate of drug-likeness (QED) is 0.722. The monoisotopic (exact) mass is 365 g/mol. The summed E-state index contributed by atoms with van der Waals surface area (Å²) in [4.78, 5) is 28.7. The first kappa shape index (κ1) is 18.1. The molecule has 0 aliphatic rings. The summed E-state index contributed by atoms with van der Waals surface area (Å²) in [6.07, 6.45) is 2.65. The first-order valence-electron chi connectivity index (χ1n) is 8.03. The molecule has 2 N–H and O–H groups in total. The van der Waals surface area contributed by atoms with Crippen LogP contribution in [0, 0.1) is 5.82 Å². The fraction of sp³-hybridized carbons (Fsp3) is 0.0500. The largest absolute Gasteiger partial charge is 0.497 e. The molecule has 0 radical (unpaired) electrons. The molecule has 27 heavy (non-hydrogen) atoms.